The first-order chi connectivity index (χ1) is 14.7. The van der Waals surface area contributed by atoms with Gasteiger partial charge >= 0.3 is 5.97 Å². The number of anilines is 1. The maximum atomic E-state index is 12.4. The number of benzene rings is 3. The van der Waals surface area contributed by atoms with Crippen molar-refractivity contribution in [1.82, 2.24) is 0 Å². The van der Waals surface area contributed by atoms with Crippen LogP contribution in [-0.4, -0.2) is 18.0 Å². The fourth-order valence-electron chi connectivity index (χ4n) is 2.83. The zero-order chi connectivity index (χ0) is 22.5. The van der Waals surface area contributed by atoms with Crippen molar-refractivity contribution in [2.75, 3.05) is 5.32 Å². The lowest BCUT2D eigenvalue weighted by Crippen LogP contribution is -2.28. The van der Waals surface area contributed by atoms with E-state index in [1.807, 2.05) is 32.0 Å². The molecule has 7 heteroatoms. The van der Waals surface area contributed by atoms with Crippen LogP contribution in [0.15, 0.2) is 60.7 Å². The Labute approximate surface area is 190 Å². The standard InChI is InChI=1S/C24H21Cl2NO4/c1-14-4-11-22(15(2)12-14)30-16(3)24(29)31-19-8-5-17(6-9-19)23(28)27-21-13-18(25)7-10-20(21)26/h4-13,16H,1-3H3,(H,27,28). The highest BCUT2D eigenvalue weighted by Crippen LogP contribution is 2.26. The lowest BCUT2D eigenvalue weighted by atomic mass is 10.1. The van der Waals surface area contributed by atoms with Gasteiger partial charge in [-0.05, 0) is 74.9 Å². The predicted octanol–water partition coefficient (Wildman–Crippen LogP) is 6.24. The molecule has 0 radical (unpaired) electrons. The second-order valence-electron chi connectivity index (χ2n) is 7.05. The van der Waals surface area contributed by atoms with E-state index in [2.05, 4.69) is 5.32 Å². The van der Waals surface area contributed by atoms with E-state index in [-0.39, 0.29) is 5.91 Å². The Morgan fingerprint density at radius 3 is 2.32 bits per heavy atom. The van der Waals surface area contributed by atoms with Gasteiger partial charge in [0.2, 0.25) is 0 Å². The number of carbonyl (C=O) groups excluding carboxylic acids is 2. The van der Waals surface area contributed by atoms with Crippen molar-refractivity contribution in [2.45, 2.75) is 26.9 Å². The Morgan fingerprint density at radius 1 is 0.935 bits per heavy atom. The molecular formula is C24H21Cl2NO4. The van der Waals surface area contributed by atoms with Crippen molar-refractivity contribution >= 4 is 40.8 Å². The van der Waals surface area contributed by atoms with Crippen LogP contribution in [0.4, 0.5) is 5.69 Å². The number of carbonyl (C=O) groups is 2. The topological polar surface area (TPSA) is 64.6 Å². The molecule has 1 amide bonds. The normalized spacial score (nSPS) is 11.5. The summed E-state index contributed by atoms with van der Waals surface area (Å²) in [5.41, 5.74) is 2.83. The van der Waals surface area contributed by atoms with Gasteiger partial charge in [-0.2, -0.15) is 0 Å². The highest BCUT2D eigenvalue weighted by molar-refractivity contribution is 6.35. The maximum absolute atomic E-state index is 12.4. The highest BCUT2D eigenvalue weighted by atomic mass is 35.5. The van der Waals surface area contributed by atoms with E-state index in [1.54, 1.807) is 37.3 Å². The molecule has 3 rings (SSSR count). The van der Waals surface area contributed by atoms with Crippen LogP contribution >= 0.6 is 23.2 Å². The van der Waals surface area contributed by atoms with Crippen molar-refractivity contribution in [1.29, 1.82) is 0 Å². The number of ether oxygens (including phenoxy) is 2. The van der Waals surface area contributed by atoms with Crippen molar-refractivity contribution in [3.63, 3.8) is 0 Å². The van der Waals surface area contributed by atoms with E-state index >= 15 is 0 Å². The fourth-order valence-corrected chi connectivity index (χ4v) is 3.17. The Bertz CT molecular complexity index is 1110. The highest BCUT2D eigenvalue weighted by Gasteiger charge is 2.18. The Morgan fingerprint density at radius 2 is 1.65 bits per heavy atom. The molecule has 0 aromatic heterocycles. The summed E-state index contributed by atoms with van der Waals surface area (Å²) >= 11 is 12.0. The zero-order valence-corrected chi connectivity index (χ0v) is 18.8. The van der Waals surface area contributed by atoms with Crippen LogP contribution in [0.2, 0.25) is 10.0 Å². The van der Waals surface area contributed by atoms with Gasteiger partial charge in [-0.25, -0.2) is 4.79 Å². The average Bonchev–Trinajstić information content (AvgIpc) is 2.73. The second-order valence-corrected chi connectivity index (χ2v) is 7.90. The second kappa shape index (κ2) is 9.86. The van der Waals surface area contributed by atoms with Gasteiger partial charge < -0.3 is 14.8 Å². The van der Waals surface area contributed by atoms with Crippen molar-refractivity contribution in [3.8, 4) is 11.5 Å². The van der Waals surface area contributed by atoms with Crippen molar-refractivity contribution < 1.29 is 19.1 Å². The molecule has 0 spiro atoms. The molecule has 3 aromatic carbocycles. The first-order valence-corrected chi connectivity index (χ1v) is 10.3. The molecule has 0 heterocycles. The minimum Gasteiger partial charge on any atom is -0.479 e. The van der Waals surface area contributed by atoms with Gasteiger partial charge in [0.25, 0.3) is 5.91 Å². The van der Waals surface area contributed by atoms with Crippen LogP contribution in [0.25, 0.3) is 0 Å². The third kappa shape index (κ3) is 6.00. The van der Waals surface area contributed by atoms with Crippen LogP contribution in [-0.2, 0) is 4.79 Å². The molecule has 0 fully saturated rings. The summed E-state index contributed by atoms with van der Waals surface area (Å²) in [5.74, 6) is 0.0247. The van der Waals surface area contributed by atoms with Crippen molar-refractivity contribution in [3.05, 3.63) is 87.4 Å². The Hall–Kier alpha value is -3.02. The number of hydrogen-bond acceptors (Lipinski definition) is 4. The van der Waals surface area contributed by atoms with Crippen LogP contribution in [0.3, 0.4) is 0 Å². The van der Waals surface area contributed by atoms with Gasteiger partial charge in [0.15, 0.2) is 6.10 Å². The SMILES string of the molecule is Cc1ccc(OC(C)C(=O)Oc2ccc(C(=O)Nc3cc(Cl)ccc3Cl)cc2)c(C)c1. The van der Waals surface area contributed by atoms with Gasteiger partial charge in [0.05, 0.1) is 10.7 Å². The van der Waals surface area contributed by atoms with Crippen LogP contribution in [0, 0.1) is 13.8 Å². The molecule has 0 bridgehead atoms. The molecule has 0 aliphatic heterocycles. The average molecular weight is 458 g/mol. The smallest absolute Gasteiger partial charge is 0.352 e. The monoisotopic (exact) mass is 457 g/mol. The van der Waals surface area contributed by atoms with Gasteiger partial charge in [-0.3, -0.25) is 4.79 Å². The largest absolute Gasteiger partial charge is 0.479 e. The molecular weight excluding hydrogens is 437 g/mol. The molecule has 0 aliphatic carbocycles. The predicted molar refractivity (Wildman–Crippen MR) is 122 cm³/mol. The molecule has 0 aliphatic rings. The molecule has 0 saturated carbocycles. The third-order valence-electron chi connectivity index (χ3n) is 4.48. The van der Waals surface area contributed by atoms with Crippen molar-refractivity contribution in [2.24, 2.45) is 0 Å². The molecule has 160 valence electrons. The van der Waals surface area contributed by atoms with E-state index in [1.165, 1.54) is 12.1 Å². The number of aryl methyl sites for hydroxylation is 2. The number of amides is 1. The Kier molecular flexibility index (Phi) is 7.21. The number of hydrogen-bond donors (Lipinski definition) is 1. The summed E-state index contributed by atoms with van der Waals surface area (Å²) in [6, 6.07) is 16.7. The van der Waals surface area contributed by atoms with Gasteiger partial charge in [0.1, 0.15) is 11.5 Å². The maximum Gasteiger partial charge on any atom is 0.352 e. The minimum absolute atomic E-state index is 0.304. The first-order valence-electron chi connectivity index (χ1n) is 9.55. The van der Waals surface area contributed by atoms with E-state index in [4.69, 9.17) is 32.7 Å². The van der Waals surface area contributed by atoms with Gasteiger partial charge in [-0.15, -0.1) is 0 Å². The molecule has 0 saturated heterocycles. The van der Waals surface area contributed by atoms with Gasteiger partial charge in [0, 0.05) is 10.6 Å². The minimum atomic E-state index is -0.797. The number of rotatable bonds is 6. The van der Waals surface area contributed by atoms with E-state index in [0.717, 1.165) is 11.1 Å². The summed E-state index contributed by atoms with van der Waals surface area (Å²) in [6.45, 7) is 5.53. The molecule has 1 atom stereocenters. The summed E-state index contributed by atoms with van der Waals surface area (Å²) in [4.78, 5) is 24.8. The quantitative estimate of drug-likeness (QED) is 0.351. The molecule has 31 heavy (non-hydrogen) atoms. The molecule has 5 nitrogen and oxygen atoms in total. The summed E-state index contributed by atoms with van der Waals surface area (Å²) in [5, 5.41) is 3.53. The lowest BCUT2D eigenvalue weighted by molar-refractivity contribution is -0.141. The van der Waals surface area contributed by atoms with Crippen LogP contribution < -0.4 is 14.8 Å². The molecule has 1 N–H and O–H groups in total. The number of nitrogens with one attached hydrogen (secondary N) is 1. The van der Waals surface area contributed by atoms with Crippen LogP contribution in [0.1, 0.15) is 28.4 Å². The number of halogens is 2. The molecule has 1 unspecified atom stereocenters. The lowest BCUT2D eigenvalue weighted by Gasteiger charge is -2.16. The van der Waals surface area contributed by atoms with E-state index in [9.17, 15) is 9.59 Å². The Balaban J connectivity index is 1.61. The van der Waals surface area contributed by atoms with Gasteiger partial charge in [-0.1, -0.05) is 40.9 Å². The van der Waals surface area contributed by atoms with Crippen LogP contribution in [0.5, 0.6) is 11.5 Å². The fraction of sp³-hybridized carbons (Fsp3) is 0.167. The summed E-state index contributed by atoms with van der Waals surface area (Å²) in [7, 11) is 0. The zero-order valence-electron chi connectivity index (χ0n) is 17.2. The van der Waals surface area contributed by atoms with E-state index in [0.29, 0.717) is 32.8 Å². The van der Waals surface area contributed by atoms with E-state index < -0.39 is 12.1 Å². The third-order valence-corrected chi connectivity index (χ3v) is 5.04. The number of esters is 1. The first kappa shape index (κ1) is 22.7. The molecule has 3 aromatic rings. The summed E-state index contributed by atoms with van der Waals surface area (Å²) < 4.78 is 11.1. The summed E-state index contributed by atoms with van der Waals surface area (Å²) in [6.07, 6.45) is -0.797.